The predicted molar refractivity (Wildman–Crippen MR) is 309 cm³/mol. The molecule has 8 bridgehead atoms. The second-order valence-electron chi connectivity index (χ2n) is 22.5. The van der Waals surface area contributed by atoms with E-state index in [4.69, 9.17) is 4.74 Å². The van der Waals surface area contributed by atoms with Gasteiger partial charge in [-0.15, -0.1) is 0 Å². The first-order chi connectivity index (χ1) is 38.7. The molecule has 0 radical (unpaired) electrons. The summed E-state index contributed by atoms with van der Waals surface area (Å²) in [5, 5.41) is 28.3. The molecule has 10 heteroatoms. The molecule has 4 aliphatic rings. The number of carbonyl (C=O) groups excluding carboxylic acids is 2. The van der Waals surface area contributed by atoms with E-state index in [1.807, 2.05) is 48.5 Å². The number of esters is 1. The summed E-state index contributed by atoms with van der Waals surface area (Å²) in [5.41, 5.74) is 14.9. The van der Waals surface area contributed by atoms with Gasteiger partial charge < -0.3 is 40.2 Å². The van der Waals surface area contributed by atoms with E-state index in [2.05, 4.69) is 160 Å². The molecule has 9 aromatic rings. The summed E-state index contributed by atoms with van der Waals surface area (Å²) in [4.78, 5) is 42.2. The Bertz CT molecular complexity index is 3980. The molecular weight excluding hydrogens is 979 g/mol. The van der Waals surface area contributed by atoms with Crippen molar-refractivity contribution < 1.29 is 24.5 Å². The van der Waals surface area contributed by atoms with E-state index in [1.54, 1.807) is 6.07 Å². The zero-order valence-corrected chi connectivity index (χ0v) is 44.4. The number of amides is 1. The summed E-state index contributed by atoms with van der Waals surface area (Å²) in [6.07, 6.45) is 5.83. The summed E-state index contributed by atoms with van der Waals surface area (Å²) in [7, 11) is 0. The van der Waals surface area contributed by atoms with Crippen LogP contribution in [0.2, 0.25) is 0 Å². The van der Waals surface area contributed by atoms with E-state index in [-0.39, 0.29) is 35.7 Å². The van der Waals surface area contributed by atoms with Crippen LogP contribution in [0.1, 0.15) is 124 Å². The molecule has 2 fully saturated rings. The van der Waals surface area contributed by atoms with Gasteiger partial charge in [-0.2, -0.15) is 0 Å². The number of phenolic OH excluding ortho intramolecular Hbond substituents is 1. The van der Waals surface area contributed by atoms with Gasteiger partial charge in [0.15, 0.2) is 0 Å². The lowest BCUT2D eigenvalue weighted by Crippen LogP contribution is -2.48. The molecule has 5 heterocycles. The molecule has 0 spiro atoms. The molecule has 4 unspecified atom stereocenters. The highest BCUT2D eigenvalue weighted by atomic mass is 16.5. The third-order valence-electron chi connectivity index (χ3n) is 17.9. The van der Waals surface area contributed by atoms with Crippen LogP contribution in [0.5, 0.6) is 5.75 Å². The Kier molecular flexibility index (Phi) is 13.3. The molecule has 10 nitrogen and oxygen atoms in total. The molecule has 1 aliphatic heterocycles. The van der Waals surface area contributed by atoms with Crippen molar-refractivity contribution in [2.24, 2.45) is 23.2 Å². The largest absolute Gasteiger partial charge is 0.508 e. The number of hydrogen-bond acceptors (Lipinski definition) is 5. The fourth-order valence-electron chi connectivity index (χ4n) is 14.2. The fraction of sp³-hybridized carbons (Fsp3) is 0.246. The summed E-state index contributed by atoms with van der Waals surface area (Å²) >= 11 is 0. The molecule has 0 saturated heterocycles. The Balaban J connectivity index is 0.756. The Labute approximate surface area is 459 Å². The fourth-order valence-corrected chi connectivity index (χ4v) is 14.2. The van der Waals surface area contributed by atoms with Crippen LogP contribution in [-0.4, -0.2) is 61.3 Å². The number of hydrogen-bond donors (Lipinski definition) is 7. The molecule has 5 aromatic carbocycles. The number of phenols is 1. The van der Waals surface area contributed by atoms with Gasteiger partial charge in [-0.3, -0.25) is 9.59 Å². The van der Waals surface area contributed by atoms with Gasteiger partial charge in [0, 0.05) is 85.0 Å². The lowest BCUT2D eigenvalue weighted by molar-refractivity contribution is -0.144. The normalized spacial score (nSPS) is 21.3. The molecular formula is C69H65N5O5. The van der Waals surface area contributed by atoms with Crippen molar-refractivity contribution in [3.8, 4) is 5.75 Å². The van der Waals surface area contributed by atoms with Gasteiger partial charge in [0.05, 0.1) is 12.7 Å². The van der Waals surface area contributed by atoms with Gasteiger partial charge in [0.2, 0.25) is 0 Å². The molecule has 13 rings (SSSR count). The van der Waals surface area contributed by atoms with E-state index in [0.29, 0.717) is 48.6 Å². The number of aromatic nitrogens is 4. The van der Waals surface area contributed by atoms with Crippen molar-refractivity contribution in [2.75, 3.05) is 13.2 Å². The van der Waals surface area contributed by atoms with Crippen LogP contribution in [0.15, 0.2) is 182 Å². The van der Waals surface area contributed by atoms with E-state index < -0.39 is 0 Å². The number of aromatic hydroxyl groups is 1. The monoisotopic (exact) mass is 1040 g/mol. The number of carbonyl (C=O) groups is 2. The first kappa shape index (κ1) is 49.9. The number of rotatable bonds is 12. The van der Waals surface area contributed by atoms with Crippen LogP contribution >= 0.6 is 0 Å². The molecule has 79 heavy (non-hydrogen) atoms. The number of nitrogens with one attached hydrogen (secondary N) is 5. The highest BCUT2D eigenvalue weighted by Gasteiger charge is 2.57. The third kappa shape index (κ3) is 9.48. The minimum absolute atomic E-state index is 0.138. The van der Waals surface area contributed by atoms with Crippen molar-refractivity contribution >= 4 is 34.2 Å². The molecule has 1 amide bonds. The first-order valence-electron chi connectivity index (χ1n) is 28.1. The molecule has 6 atom stereocenters. The minimum Gasteiger partial charge on any atom is -0.508 e. The van der Waals surface area contributed by atoms with Gasteiger partial charge in [-0.1, -0.05) is 116 Å². The van der Waals surface area contributed by atoms with Crippen LogP contribution < -0.4 is 26.7 Å². The lowest BCUT2D eigenvalue weighted by atomic mass is 9.51. The Morgan fingerprint density at radius 2 is 1.10 bits per heavy atom. The predicted octanol–water partition coefficient (Wildman–Crippen LogP) is 9.59. The number of H-pyrrole nitrogens is 4. The van der Waals surface area contributed by atoms with Crippen molar-refractivity contribution in [1.82, 2.24) is 25.3 Å². The standard InChI is InChI=1S/C69H65N5O5/c1-69-41-48(63-50-26-24-49(75)40-47(50)23-25-51(63)52(69)27-36-61(69)76)37-39-79-62(77)18-11-38-70-68(78)46-21-19-45(20-22-46)67-59-34-32-57(73-59)65(43-14-7-3-8-15-43)55-30-28-53(71-55)64(42-12-5-2-6-13-42)54-29-31-56(72-54)66(44-16-9-4-10-17-44)58-33-35-60(67)74-58/h2-10,12-17,19-22,24,26,28-35,40,48,51-52,61,63,71-76H,11,18,23,25,27,36-39,41H2,1H3,(H,70,78)/t48?,51?,52?,61-,63?,69-/m0/s1. The SMILES string of the molecule is C[C@]12CC(CCOC(=O)CCCNC(=O)c3ccc(C4=c5ccc([nH]5)=C(c5ccccc5)c5ccc([nH]5)C(c5ccccc5)=c5ccc([nH]5)=C(c5ccccc5)c5ccc4[nH]5)cc3)C3c4ccc(O)cc4CCC3C1CC[C@@H]2O. The summed E-state index contributed by atoms with van der Waals surface area (Å²) in [6.45, 7) is 2.92. The molecule has 3 aliphatic carbocycles. The molecule has 7 N–H and O–H groups in total. The van der Waals surface area contributed by atoms with Crippen molar-refractivity contribution in [3.05, 3.63) is 265 Å². The van der Waals surface area contributed by atoms with E-state index in [0.717, 1.165) is 127 Å². The Morgan fingerprint density at radius 1 is 0.595 bits per heavy atom. The topological polar surface area (TPSA) is 159 Å². The van der Waals surface area contributed by atoms with Crippen LogP contribution in [0, 0.1) is 23.2 Å². The maximum atomic E-state index is 13.7. The van der Waals surface area contributed by atoms with E-state index in [9.17, 15) is 19.8 Å². The van der Waals surface area contributed by atoms with Crippen molar-refractivity contribution in [2.45, 2.75) is 70.3 Å². The molecule has 396 valence electrons. The summed E-state index contributed by atoms with van der Waals surface area (Å²) < 4.78 is 5.87. The number of aryl methyl sites for hydroxylation is 1. The second kappa shape index (κ2) is 21.0. The van der Waals surface area contributed by atoms with Gasteiger partial charge in [-0.25, -0.2) is 0 Å². The van der Waals surface area contributed by atoms with Crippen LogP contribution in [-0.2, 0) is 16.0 Å². The lowest BCUT2D eigenvalue weighted by Gasteiger charge is -2.54. The van der Waals surface area contributed by atoms with Crippen LogP contribution in [0.3, 0.4) is 0 Å². The highest BCUT2D eigenvalue weighted by molar-refractivity contribution is 5.95. The van der Waals surface area contributed by atoms with E-state index in [1.165, 1.54) is 11.1 Å². The maximum Gasteiger partial charge on any atom is 0.305 e. The Hall–Kier alpha value is -8.60. The van der Waals surface area contributed by atoms with Gasteiger partial charge in [-0.05, 0) is 180 Å². The molecule has 4 aromatic heterocycles. The van der Waals surface area contributed by atoms with Crippen LogP contribution in [0.25, 0.3) is 22.3 Å². The number of aliphatic hydroxyl groups excluding tert-OH is 1. The number of ether oxygens (including phenoxy) is 1. The summed E-state index contributed by atoms with van der Waals surface area (Å²) in [5.74, 6) is 1.33. The number of aliphatic hydroxyl groups is 1. The van der Waals surface area contributed by atoms with E-state index >= 15 is 0 Å². The van der Waals surface area contributed by atoms with Crippen molar-refractivity contribution in [1.29, 1.82) is 0 Å². The second-order valence-corrected chi connectivity index (χ2v) is 22.5. The van der Waals surface area contributed by atoms with Crippen molar-refractivity contribution in [3.63, 3.8) is 0 Å². The zero-order chi connectivity index (χ0) is 53.6. The number of fused-ring (bicyclic) bond motifs is 13. The Morgan fingerprint density at radius 3 is 1.62 bits per heavy atom. The quantitative estimate of drug-likeness (QED) is 0.0479. The minimum atomic E-state index is -0.313. The van der Waals surface area contributed by atoms with Gasteiger partial charge in [0.1, 0.15) is 5.75 Å². The van der Waals surface area contributed by atoms with Gasteiger partial charge >= 0.3 is 5.97 Å². The summed E-state index contributed by atoms with van der Waals surface area (Å²) in [6, 6.07) is 62.2. The number of benzene rings is 5. The smallest absolute Gasteiger partial charge is 0.305 e. The average molecular weight is 1040 g/mol. The van der Waals surface area contributed by atoms with Crippen LogP contribution in [0.4, 0.5) is 0 Å². The average Bonchev–Trinajstić information content (AvgIpc) is 4.57. The third-order valence-corrected chi connectivity index (χ3v) is 17.9. The maximum absolute atomic E-state index is 13.7. The van der Waals surface area contributed by atoms with Gasteiger partial charge in [0.25, 0.3) is 5.91 Å². The first-order valence-corrected chi connectivity index (χ1v) is 28.1. The number of aromatic amines is 4. The molecule has 2 saturated carbocycles. The highest BCUT2D eigenvalue weighted by Crippen LogP contribution is 2.63. The zero-order valence-electron chi connectivity index (χ0n) is 44.4.